The van der Waals surface area contributed by atoms with Crippen LogP contribution in [-0.4, -0.2) is 10.1 Å². The standard InChI is InChI=1S/C8H6ClNO2/c9-8-5-1-2-10-3-6(5)12-7(8)4-11/h1-3,11H,4H2. The predicted molar refractivity (Wildman–Crippen MR) is 44.9 cm³/mol. The van der Waals surface area contributed by atoms with Gasteiger partial charge in [-0.05, 0) is 6.07 Å². The fourth-order valence-electron chi connectivity index (χ4n) is 1.07. The van der Waals surface area contributed by atoms with E-state index in [2.05, 4.69) is 4.98 Å². The second-order valence-electron chi connectivity index (χ2n) is 2.37. The zero-order valence-electron chi connectivity index (χ0n) is 6.12. The Hall–Kier alpha value is -1.06. The molecule has 0 aliphatic rings. The van der Waals surface area contributed by atoms with Crippen molar-refractivity contribution in [3.63, 3.8) is 0 Å². The number of pyridine rings is 1. The molecule has 0 aliphatic heterocycles. The van der Waals surface area contributed by atoms with Crippen molar-refractivity contribution in [2.24, 2.45) is 0 Å². The molecule has 0 atom stereocenters. The Bertz CT molecular complexity index is 410. The van der Waals surface area contributed by atoms with Crippen LogP contribution in [0.5, 0.6) is 0 Å². The molecule has 0 aliphatic carbocycles. The van der Waals surface area contributed by atoms with Crippen LogP contribution in [0.2, 0.25) is 5.02 Å². The van der Waals surface area contributed by atoms with Gasteiger partial charge in [0.2, 0.25) is 0 Å². The number of rotatable bonds is 1. The fraction of sp³-hybridized carbons (Fsp3) is 0.125. The van der Waals surface area contributed by atoms with E-state index in [0.29, 0.717) is 16.4 Å². The molecule has 0 radical (unpaired) electrons. The molecule has 2 aromatic rings. The van der Waals surface area contributed by atoms with Crippen molar-refractivity contribution in [2.75, 3.05) is 0 Å². The topological polar surface area (TPSA) is 46.3 Å². The zero-order valence-corrected chi connectivity index (χ0v) is 6.88. The normalized spacial score (nSPS) is 10.8. The number of hydrogen-bond donors (Lipinski definition) is 1. The molecule has 0 aromatic carbocycles. The molecule has 0 bridgehead atoms. The molecule has 0 amide bonds. The van der Waals surface area contributed by atoms with E-state index in [4.69, 9.17) is 21.1 Å². The molecule has 4 heteroatoms. The molecule has 3 nitrogen and oxygen atoms in total. The third-order valence-corrected chi connectivity index (χ3v) is 2.06. The Labute approximate surface area is 73.6 Å². The molecular formula is C8H6ClNO2. The highest BCUT2D eigenvalue weighted by Crippen LogP contribution is 2.29. The molecular weight excluding hydrogens is 178 g/mol. The van der Waals surface area contributed by atoms with Crippen LogP contribution in [-0.2, 0) is 6.61 Å². The van der Waals surface area contributed by atoms with Gasteiger partial charge in [0.25, 0.3) is 0 Å². The van der Waals surface area contributed by atoms with Crippen LogP contribution in [0, 0.1) is 0 Å². The van der Waals surface area contributed by atoms with Crippen molar-refractivity contribution >= 4 is 22.6 Å². The van der Waals surface area contributed by atoms with E-state index in [1.807, 2.05) is 0 Å². The summed E-state index contributed by atoms with van der Waals surface area (Å²) in [5.41, 5.74) is 0.603. The highest BCUT2D eigenvalue weighted by molar-refractivity contribution is 6.36. The van der Waals surface area contributed by atoms with Gasteiger partial charge < -0.3 is 9.52 Å². The largest absolute Gasteiger partial charge is 0.455 e. The molecule has 62 valence electrons. The summed E-state index contributed by atoms with van der Waals surface area (Å²) in [6.07, 6.45) is 3.20. The smallest absolute Gasteiger partial charge is 0.154 e. The number of aliphatic hydroxyl groups is 1. The van der Waals surface area contributed by atoms with Crippen LogP contribution in [0.4, 0.5) is 0 Å². The Morgan fingerprint density at radius 1 is 1.58 bits per heavy atom. The van der Waals surface area contributed by atoms with E-state index < -0.39 is 0 Å². The minimum absolute atomic E-state index is 0.187. The Morgan fingerprint density at radius 2 is 2.42 bits per heavy atom. The number of fused-ring (bicyclic) bond motifs is 1. The zero-order chi connectivity index (χ0) is 8.55. The first kappa shape index (κ1) is 7.58. The van der Waals surface area contributed by atoms with Crippen molar-refractivity contribution < 1.29 is 9.52 Å². The van der Waals surface area contributed by atoms with Gasteiger partial charge in [-0.1, -0.05) is 11.6 Å². The van der Waals surface area contributed by atoms with E-state index in [1.165, 1.54) is 0 Å². The van der Waals surface area contributed by atoms with Crippen molar-refractivity contribution in [2.45, 2.75) is 6.61 Å². The lowest BCUT2D eigenvalue weighted by Gasteiger charge is -1.85. The van der Waals surface area contributed by atoms with Gasteiger partial charge in [0.05, 0.1) is 11.2 Å². The molecule has 0 spiro atoms. The van der Waals surface area contributed by atoms with Gasteiger partial charge in [0, 0.05) is 11.6 Å². The van der Waals surface area contributed by atoms with Gasteiger partial charge in [-0.25, -0.2) is 0 Å². The number of furan rings is 1. The number of aliphatic hydroxyl groups excluding tert-OH is 1. The van der Waals surface area contributed by atoms with E-state index in [1.54, 1.807) is 18.5 Å². The summed E-state index contributed by atoms with van der Waals surface area (Å²) in [4.78, 5) is 3.87. The van der Waals surface area contributed by atoms with Crippen molar-refractivity contribution in [3.8, 4) is 0 Å². The lowest BCUT2D eigenvalue weighted by molar-refractivity contribution is 0.251. The fourth-order valence-corrected chi connectivity index (χ4v) is 1.33. The molecule has 0 saturated carbocycles. The molecule has 2 rings (SSSR count). The van der Waals surface area contributed by atoms with E-state index in [9.17, 15) is 0 Å². The molecule has 0 fully saturated rings. The number of hydrogen-bond acceptors (Lipinski definition) is 3. The van der Waals surface area contributed by atoms with E-state index >= 15 is 0 Å². The molecule has 0 saturated heterocycles. The molecule has 12 heavy (non-hydrogen) atoms. The first-order valence-electron chi connectivity index (χ1n) is 3.44. The van der Waals surface area contributed by atoms with Crippen LogP contribution in [0.25, 0.3) is 11.0 Å². The lowest BCUT2D eigenvalue weighted by atomic mass is 10.3. The summed E-state index contributed by atoms with van der Waals surface area (Å²) in [5, 5.41) is 10.1. The maximum atomic E-state index is 8.82. The van der Waals surface area contributed by atoms with Crippen LogP contribution in [0.15, 0.2) is 22.9 Å². The average molecular weight is 184 g/mol. The highest BCUT2D eigenvalue weighted by atomic mass is 35.5. The van der Waals surface area contributed by atoms with Crippen LogP contribution in [0.3, 0.4) is 0 Å². The van der Waals surface area contributed by atoms with Crippen LogP contribution >= 0.6 is 11.6 Å². The maximum absolute atomic E-state index is 8.82. The van der Waals surface area contributed by atoms with Crippen LogP contribution in [0.1, 0.15) is 5.76 Å². The molecule has 1 N–H and O–H groups in total. The Morgan fingerprint density at radius 3 is 3.08 bits per heavy atom. The number of halogens is 1. The summed E-state index contributed by atoms with van der Waals surface area (Å²) in [6, 6.07) is 1.75. The Balaban J connectivity index is 2.78. The number of aromatic nitrogens is 1. The summed E-state index contributed by atoms with van der Waals surface area (Å²) < 4.78 is 5.20. The van der Waals surface area contributed by atoms with E-state index in [-0.39, 0.29) is 6.61 Å². The monoisotopic (exact) mass is 183 g/mol. The quantitative estimate of drug-likeness (QED) is 0.735. The third-order valence-electron chi connectivity index (χ3n) is 1.64. The lowest BCUT2D eigenvalue weighted by Crippen LogP contribution is -1.76. The highest BCUT2D eigenvalue weighted by Gasteiger charge is 2.09. The predicted octanol–water partition coefficient (Wildman–Crippen LogP) is 1.97. The summed E-state index contributed by atoms with van der Waals surface area (Å²) in [5.74, 6) is 0.389. The minimum Gasteiger partial charge on any atom is -0.455 e. The summed E-state index contributed by atoms with van der Waals surface area (Å²) in [7, 11) is 0. The summed E-state index contributed by atoms with van der Waals surface area (Å²) in [6.45, 7) is -0.187. The average Bonchev–Trinajstić information content (AvgIpc) is 2.44. The van der Waals surface area contributed by atoms with Gasteiger partial charge in [-0.2, -0.15) is 0 Å². The van der Waals surface area contributed by atoms with E-state index in [0.717, 1.165) is 5.39 Å². The van der Waals surface area contributed by atoms with Crippen molar-refractivity contribution in [1.82, 2.24) is 4.98 Å². The van der Waals surface area contributed by atoms with Crippen molar-refractivity contribution in [3.05, 3.63) is 29.2 Å². The maximum Gasteiger partial charge on any atom is 0.154 e. The SMILES string of the molecule is OCc1oc2cnccc2c1Cl. The third kappa shape index (κ3) is 0.983. The molecule has 0 unspecified atom stereocenters. The first-order valence-corrected chi connectivity index (χ1v) is 3.82. The van der Waals surface area contributed by atoms with Crippen LogP contribution < -0.4 is 0 Å². The molecule has 2 aromatic heterocycles. The van der Waals surface area contributed by atoms with Gasteiger partial charge in [-0.15, -0.1) is 0 Å². The summed E-state index contributed by atoms with van der Waals surface area (Å²) >= 11 is 5.88. The van der Waals surface area contributed by atoms with Crippen molar-refractivity contribution in [1.29, 1.82) is 0 Å². The first-order chi connectivity index (χ1) is 5.83. The molecule has 2 heterocycles. The second kappa shape index (κ2) is 2.77. The Kier molecular flexibility index (Phi) is 1.75. The van der Waals surface area contributed by atoms with Gasteiger partial charge in [0.15, 0.2) is 5.58 Å². The number of nitrogens with zero attached hydrogens (tertiary/aromatic N) is 1. The van der Waals surface area contributed by atoms with Gasteiger partial charge in [-0.3, -0.25) is 4.98 Å². The van der Waals surface area contributed by atoms with Gasteiger partial charge >= 0.3 is 0 Å². The second-order valence-corrected chi connectivity index (χ2v) is 2.75. The van der Waals surface area contributed by atoms with Gasteiger partial charge in [0.1, 0.15) is 12.4 Å². The minimum atomic E-state index is -0.187.